The lowest BCUT2D eigenvalue weighted by atomic mass is 9.96. The number of ether oxygens (including phenoxy) is 1. The predicted octanol–water partition coefficient (Wildman–Crippen LogP) is 2.92. The molecule has 0 aliphatic carbocycles. The van der Waals surface area contributed by atoms with Gasteiger partial charge in [-0.2, -0.15) is 0 Å². The molecular formula is C17H19N3O2. The highest BCUT2D eigenvalue weighted by Gasteiger charge is 2.41. The third-order valence-corrected chi connectivity index (χ3v) is 4.43. The van der Waals surface area contributed by atoms with Crippen LogP contribution >= 0.6 is 0 Å². The van der Waals surface area contributed by atoms with Crippen LogP contribution < -0.4 is 10.6 Å². The fourth-order valence-corrected chi connectivity index (χ4v) is 3.38. The second-order valence-electron chi connectivity index (χ2n) is 5.96. The second kappa shape index (κ2) is 5.50. The number of rotatable bonds is 3. The molecule has 3 atom stereocenters. The third kappa shape index (κ3) is 2.60. The second-order valence-corrected chi connectivity index (χ2v) is 5.96. The van der Waals surface area contributed by atoms with Crippen LogP contribution in [0.3, 0.4) is 0 Å². The summed E-state index contributed by atoms with van der Waals surface area (Å²) in [6.07, 6.45) is 7.61. The number of anilines is 1. The summed E-state index contributed by atoms with van der Waals surface area (Å²) in [7, 11) is 0. The normalized spacial score (nSPS) is 26.1. The Morgan fingerprint density at radius 1 is 1.18 bits per heavy atom. The summed E-state index contributed by atoms with van der Waals surface area (Å²) in [4.78, 5) is 12.2. The molecule has 3 unspecified atom stereocenters. The van der Waals surface area contributed by atoms with Crippen LogP contribution in [0.2, 0.25) is 0 Å². The maximum absolute atomic E-state index is 12.2. The van der Waals surface area contributed by atoms with Crippen LogP contribution in [0.25, 0.3) is 5.69 Å². The topological polar surface area (TPSA) is 55.3 Å². The zero-order valence-electron chi connectivity index (χ0n) is 12.2. The van der Waals surface area contributed by atoms with Crippen molar-refractivity contribution in [3.05, 3.63) is 48.8 Å². The number of nitrogens with zero attached hydrogens (tertiary/aromatic N) is 1. The first-order valence-corrected chi connectivity index (χ1v) is 7.74. The third-order valence-electron chi connectivity index (χ3n) is 4.43. The van der Waals surface area contributed by atoms with E-state index in [2.05, 4.69) is 10.6 Å². The van der Waals surface area contributed by atoms with Crippen molar-refractivity contribution < 1.29 is 9.53 Å². The molecule has 3 heterocycles. The molecule has 1 aromatic heterocycles. The molecule has 5 heteroatoms. The number of hydrogen-bond donors (Lipinski definition) is 2. The van der Waals surface area contributed by atoms with E-state index in [1.165, 1.54) is 0 Å². The molecular weight excluding hydrogens is 278 g/mol. The van der Waals surface area contributed by atoms with E-state index in [9.17, 15) is 4.79 Å². The molecule has 0 saturated carbocycles. The minimum Gasteiger partial charge on any atom is -0.373 e. The molecule has 2 fully saturated rings. The molecule has 0 radical (unpaired) electrons. The number of aromatic nitrogens is 1. The predicted molar refractivity (Wildman–Crippen MR) is 84.2 cm³/mol. The summed E-state index contributed by atoms with van der Waals surface area (Å²) in [6, 6.07) is 11.7. The number of hydrogen-bond acceptors (Lipinski definition) is 2. The number of nitrogens with one attached hydrogen (secondary N) is 2. The zero-order valence-corrected chi connectivity index (χ0v) is 12.2. The molecule has 2 aliphatic heterocycles. The highest BCUT2D eigenvalue weighted by Crippen LogP contribution is 2.34. The summed E-state index contributed by atoms with van der Waals surface area (Å²) in [6.45, 7) is 0. The first-order chi connectivity index (χ1) is 10.8. The van der Waals surface area contributed by atoms with E-state index in [-0.39, 0.29) is 18.2 Å². The quantitative estimate of drug-likeness (QED) is 0.915. The molecule has 2 saturated heterocycles. The van der Waals surface area contributed by atoms with Crippen molar-refractivity contribution in [3.63, 3.8) is 0 Å². The lowest BCUT2D eigenvalue weighted by molar-refractivity contribution is 0.0984. The van der Waals surface area contributed by atoms with Crippen molar-refractivity contribution in [3.8, 4) is 5.69 Å². The first-order valence-electron chi connectivity index (χ1n) is 7.74. The van der Waals surface area contributed by atoms with Crippen LogP contribution in [-0.2, 0) is 4.74 Å². The molecule has 5 nitrogen and oxygen atoms in total. The van der Waals surface area contributed by atoms with E-state index in [1.807, 2.05) is 53.4 Å². The van der Waals surface area contributed by atoms with E-state index in [1.54, 1.807) is 0 Å². The fourth-order valence-electron chi connectivity index (χ4n) is 3.38. The van der Waals surface area contributed by atoms with Gasteiger partial charge in [-0.05, 0) is 49.6 Å². The van der Waals surface area contributed by atoms with Crippen molar-refractivity contribution in [1.82, 2.24) is 9.88 Å². The van der Waals surface area contributed by atoms with Gasteiger partial charge in [0.1, 0.15) is 0 Å². The standard InChI is InChI=1S/C17H19N3O2/c21-17(19-15-11-14-6-7-16(15)22-14)18-12-4-3-5-13(10-12)20-8-1-2-9-20/h1-5,8-10,14-16H,6-7,11H2,(H2,18,19,21). The molecule has 0 spiro atoms. The van der Waals surface area contributed by atoms with Gasteiger partial charge in [-0.1, -0.05) is 6.07 Å². The van der Waals surface area contributed by atoms with Gasteiger partial charge in [-0.25, -0.2) is 4.79 Å². The van der Waals surface area contributed by atoms with Crippen molar-refractivity contribution in [2.24, 2.45) is 0 Å². The van der Waals surface area contributed by atoms with Crippen LogP contribution in [0.15, 0.2) is 48.8 Å². The van der Waals surface area contributed by atoms with Gasteiger partial charge in [0.25, 0.3) is 0 Å². The lowest BCUT2D eigenvalue weighted by Crippen LogP contribution is -2.43. The minimum atomic E-state index is -0.161. The van der Waals surface area contributed by atoms with Gasteiger partial charge in [0.05, 0.1) is 18.2 Å². The Hall–Kier alpha value is -2.27. The number of fused-ring (bicyclic) bond motifs is 2. The van der Waals surface area contributed by atoms with Crippen molar-refractivity contribution in [1.29, 1.82) is 0 Å². The van der Waals surface area contributed by atoms with Crippen LogP contribution in [0.5, 0.6) is 0 Å². The van der Waals surface area contributed by atoms with Gasteiger partial charge in [0, 0.05) is 23.8 Å². The van der Waals surface area contributed by atoms with Crippen LogP contribution in [0, 0.1) is 0 Å². The molecule has 4 rings (SSSR count). The van der Waals surface area contributed by atoms with Crippen LogP contribution in [0.1, 0.15) is 19.3 Å². The number of carbonyl (C=O) groups excluding carboxylic acids is 1. The minimum absolute atomic E-state index is 0.145. The Morgan fingerprint density at radius 3 is 2.77 bits per heavy atom. The van der Waals surface area contributed by atoms with Crippen molar-refractivity contribution in [2.45, 2.75) is 37.5 Å². The SMILES string of the molecule is O=C(Nc1cccc(-n2cccc2)c1)NC1CC2CCC1O2. The maximum Gasteiger partial charge on any atom is 0.319 e. The number of amides is 2. The Balaban J connectivity index is 1.40. The lowest BCUT2D eigenvalue weighted by Gasteiger charge is -2.20. The van der Waals surface area contributed by atoms with Crippen molar-refractivity contribution >= 4 is 11.7 Å². The summed E-state index contributed by atoms with van der Waals surface area (Å²) >= 11 is 0. The van der Waals surface area contributed by atoms with Crippen LogP contribution in [0.4, 0.5) is 10.5 Å². The van der Waals surface area contributed by atoms with Gasteiger partial charge in [0.15, 0.2) is 0 Å². The molecule has 2 aliphatic rings. The highest BCUT2D eigenvalue weighted by atomic mass is 16.5. The fraction of sp³-hybridized carbons (Fsp3) is 0.353. The molecule has 114 valence electrons. The molecule has 2 N–H and O–H groups in total. The number of carbonyl (C=O) groups is 1. The molecule has 2 bridgehead atoms. The van der Waals surface area contributed by atoms with E-state index >= 15 is 0 Å². The summed E-state index contributed by atoms with van der Waals surface area (Å²) in [5.41, 5.74) is 1.80. The summed E-state index contributed by atoms with van der Waals surface area (Å²) < 4.78 is 7.76. The Morgan fingerprint density at radius 2 is 2.05 bits per heavy atom. The Kier molecular flexibility index (Phi) is 3.35. The smallest absolute Gasteiger partial charge is 0.319 e. The monoisotopic (exact) mass is 297 g/mol. The van der Waals surface area contributed by atoms with Gasteiger partial charge in [0.2, 0.25) is 0 Å². The average molecular weight is 297 g/mol. The van der Waals surface area contributed by atoms with E-state index in [0.29, 0.717) is 6.10 Å². The molecule has 1 aromatic carbocycles. The van der Waals surface area contributed by atoms with Gasteiger partial charge < -0.3 is 19.9 Å². The number of urea groups is 1. The van der Waals surface area contributed by atoms with Crippen molar-refractivity contribution in [2.75, 3.05) is 5.32 Å². The Bertz CT molecular complexity index is 668. The van der Waals surface area contributed by atoms with Gasteiger partial charge in [-0.3, -0.25) is 0 Å². The zero-order chi connectivity index (χ0) is 14.9. The average Bonchev–Trinajstić information content (AvgIpc) is 3.25. The Labute approximate surface area is 129 Å². The maximum atomic E-state index is 12.2. The van der Waals surface area contributed by atoms with Gasteiger partial charge >= 0.3 is 6.03 Å². The largest absolute Gasteiger partial charge is 0.373 e. The first kappa shape index (κ1) is 13.4. The molecule has 22 heavy (non-hydrogen) atoms. The number of benzene rings is 1. The van der Waals surface area contributed by atoms with E-state index < -0.39 is 0 Å². The van der Waals surface area contributed by atoms with Crippen LogP contribution in [-0.4, -0.2) is 28.8 Å². The van der Waals surface area contributed by atoms with Gasteiger partial charge in [-0.15, -0.1) is 0 Å². The van der Waals surface area contributed by atoms with E-state index in [4.69, 9.17) is 4.74 Å². The molecule has 2 amide bonds. The summed E-state index contributed by atoms with van der Waals surface area (Å²) in [5, 5.41) is 5.94. The summed E-state index contributed by atoms with van der Waals surface area (Å²) in [5.74, 6) is 0. The molecule has 2 aromatic rings. The highest BCUT2D eigenvalue weighted by molar-refractivity contribution is 5.89. The van der Waals surface area contributed by atoms with E-state index in [0.717, 1.165) is 30.6 Å².